The molecule has 0 aliphatic heterocycles. The maximum atomic E-state index is 6.19. The number of aryl methyl sites for hydroxylation is 1. The third-order valence-electron chi connectivity index (χ3n) is 5.49. The van der Waals surface area contributed by atoms with Gasteiger partial charge in [-0.25, -0.2) is 4.98 Å². The molecular formula is C21H29N7O. The Hall–Kier alpha value is -2.87. The van der Waals surface area contributed by atoms with Crippen molar-refractivity contribution in [3.63, 3.8) is 0 Å². The van der Waals surface area contributed by atoms with E-state index in [2.05, 4.69) is 38.9 Å². The first-order chi connectivity index (χ1) is 14.2. The van der Waals surface area contributed by atoms with E-state index >= 15 is 0 Å². The lowest BCUT2D eigenvalue weighted by Crippen LogP contribution is -2.34. The number of H-pyrrole nitrogens is 1. The van der Waals surface area contributed by atoms with E-state index in [1.165, 1.54) is 19.3 Å². The lowest BCUT2D eigenvalue weighted by molar-refractivity contribution is 0.313. The summed E-state index contributed by atoms with van der Waals surface area (Å²) >= 11 is 0. The van der Waals surface area contributed by atoms with E-state index in [-0.39, 0.29) is 0 Å². The van der Waals surface area contributed by atoms with Gasteiger partial charge >= 0.3 is 0 Å². The zero-order valence-corrected chi connectivity index (χ0v) is 16.9. The number of imidazole rings is 1. The summed E-state index contributed by atoms with van der Waals surface area (Å²) in [4.78, 5) is 18.9. The van der Waals surface area contributed by atoms with Crippen LogP contribution in [0.25, 0.3) is 11.2 Å². The van der Waals surface area contributed by atoms with Gasteiger partial charge in [-0.2, -0.15) is 9.97 Å². The summed E-state index contributed by atoms with van der Waals surface area (Å²) < 4.78 is 5.82. The second-order valence-corrected chi connectivity index (χ2v) is 7.61. The second kappa shape index (κ2) is 8.65. The van der Waals surface area contributed by atoms with Crippen LogP contribution in [0.2, 0.25) is 0 Å². The Bertz CT molecular complexity index is 965. The average molecular weight is 396 g/mol. The standard InChI is InChI=1S/C21H29N7O/c1-14-12-16(29-11-5-10-22)8-9-17(14)28(15-6-3-2-4-7-15)21-26-19(23)18-20(27-21)25-13-24-18/h8-9,12-13,15H,2-7,10-11,22H2,1H3,(H3,23,24,25,26,27). The Balaban J connectivity index is 1.72. The molecule has 2 heterocycles. The van der Waals surface area contributed by atoms with Crippen LogP contribution in [0.4, 0.5) is 17.5 Å². The Morgan fingerprint density at radius 1 is 1.21 bits per heavy atom. The molecule has 0 amide bonds. The molecule has 1 saturated carbocycles. The molecule has 0 unspecified atom stereocenters. The number of rotatable bonds is 7. The van der Waals surface area contributed by atoms with Crippen molar-refractivity contribution >= 4 is 28.6 Å². The number of hydrogen-bond acceptors (Lipinski definition) is 7. The van der Waals surface area contributed by atoms with Crippen LogP contribution in [0.3, 0.4) is 0 Å². The van der Waals surface area contributed by atoms with E-state index in [9.17, 15) is 0 Å². The number of aromatic amines is 1. The predicted octanol–water partition coefficient (Wildman–Crippen LogP) is 3.44. The van der Waals surface area contributed by atoms with E-state index < -0.39 is 0 Å². The number of anilines is 3. The predicted molar refractivity (Wildman–Crippen MR) is 115 cm³/mol. The van der Waals surface area contributed by atoms with E-state index in [0.29, 0.717) is 42.1 Å². The van der Waals surface area contributed by atoms with E-state index in [1.54, 1.807) is 6.33 Å². The van der Waals surface area contributed by atoms with Crippen molar-refractivity contribution < 1.29 is 4.74 Å². The van der Waals surface area contributed by atoms with Crippen LogP contribution in [0.15, 0.2) is 24.5 Å². The van der Waals surface area contributed by atoms with Crippen LogP contribution < -0.4 is 21.1 Å². The second-order valence-electron chi connectivity index (χ2n) is 7.61. The summed E-state index contributed by atoms with van der Waals surface area (Å²) in [6.07, 6.45) is 8.36. The molecule has 8 nitrogen and oxygen atoms in total. The summed E-state index contributed by atoms with van der Waals surface area (Å²) in [5, 5.41) is 0. The molecule has 0 radical (unpaired) electrons. The molecule has 4 rings (SSSR count). The van der Waals surface area contributed by atoms with Crippen molar-refractivity contribution in [3.8, 4) is 5.75 Å². The highest BCUT2D eigenvalue weighted by atomic mass is 16.5. The minimum atomic E-state index is 0.339. The maximum Gasteiger partial charge on any atom is 0.234 e. The first kappa shape index (κ1) is 19.4. The van der Waals surface area contributed by atoms with Gasteiger partial charge in [0.25, 0.3) is 0 Å². The molecule has 154 valence electrons. The van der Waals surface area contributed by atoms with Crippen molar-refractivity contribution in [3.05, 3.63) is 30.1 Å². The van der Waals surface area contributed by atoms with Crippen molar-refractivity contribution in [2.24, 2.45) is 5.73 Å². The fourth-order valence-corrected chi connectivity index (χ4v) is 4.02. The van der Waals surface area contributed by atoms with Crippen molar-refractivity contribution in [2.75, 3.05) is 23.8 Å². The van der Waals surface area contributed by atoms with Crippen molar-refractivity contribution in [1.82, 2.24) is 19.9 Å². The van der Waals surface area contributed by atoms with Gasteiger partial charge in [0.2, 0.25) is 5.95 Å². The molecule has 1 aliphatic carbocycles. The Labute approximate surface area is 170 Å². The third kappa shape index (κ3) is 4.12. The Morgan fingerprint density at radius 2 is 2.03 bits per heavy atom. The van der Waals surface area contributed by atoms with Crippen LogP contribution >= 0.6 is 0 Å². The molecule has 29 heavy (non-hydrogen) atoms. The molecule has 0 atom stereocenters. The minimum absolute atomic E-state index is 0.339. The molecule has 1 aromatic carbocycles. The highest BCUT2D eigenvalue weighted by Gasteiger charge is 2.27. The number of ether oxygens (including phenoxy) is 1. The molecule has 1 fully saturated rings. The summed E-state index contributed by atoms with van der Waals surface area (Å²) in [6.45, 7) is 3.35. The number of aromatic nitrogens is 4. The van der Waals surface area contributed by atoms with E-state index in [4.69, 9.17) is 21.2 Å². The Kier molecular flexibility index (Phi) is 5.80. The highest BCUT2D eigenvalue weighted by Crippen LogP contribution is 2.36. The molecule has 5 N–H and O–H groups in total. The lowest BCUT2D eigenvalue weighted by atomic mass is 9.93. The van der Waals surface area contributed by atoms with Crippen molar-refractivity contribution in [2.45, 2.75) is 51.5 Å². The highest BCUT2D eigenvalue weighted by molar-refractivity contribution is 5.83. The van der Waals surface area contributed by atoms with Gasteiger partial charge < -0.3 is 26.1 Å². The first-order valence-electron chi connectivity index (χ1n) is 10.4. The molecule has 8 heteroatoms. The van der Waals surface area contributed by atoms with Crippen molar-refractivity contribution in [1.29, 1.82) is 0 Å². The fraction of sp³-hybridized carbons (Fsp3) is 0.476. The first-order valence-corrected chi connectivity index (χ1v) is 10.4. The van der Waals surface area contributed by atoms with E-state index in [0.717, 1.165) is 36.3 Å². The molecule has 1 aliphatic rings. The van der Waals surface area contributed by atoms with Crippen LogP contribution in [-0.2, 0) is 0 Å². The van der Waals surface area contributed by atoms with Gasteiger partial charge in [0.1, 0.15) is 11.3 Å². The van der Waals surface area contributed by atoms with Crippen LogP contribution in [0.5, 0.6) is 5.75 Å². The number of hydrogen-bond donors (Lipinski definition) is 3. The zero-order chi connectivity index (χ0) is 20.2. The Morgan fingerprint density at radius 3 is 2.79 bits per heavy atom. The monoisotopic (exact) mass is 395 g/mol. The van der Waals surface area contributed by atoms with Gasteiger partial charge in [-0.1, -0.05) is 19.3 Å². The zero-order valence-electron chi connectivity index (χ0n) is 16.9. The maximum absolute atomic E-state index is 6.19. The fourth-order valence-electron chi connectivity index (χ4n) is 4.02. The molecule has 0 saturated heterocycles. The summed E-state index contributed by atoms with van der Waals surface area (Å²) in [5.41, 5.74) is 15.2. The molecule has 0 spiro atoms. The van der Waals surface area contributed by atoms with E-state index in [1.807, 2.05) is 6.07 Å². The third-order valence-corrected chi connectivity index (χ3v) is 5.49. The minimum Gasteiger partial charge on any atom is -0.494 e. The topological polar surface area (TPSA) is 119 Å². The SMILES string of the molecule is Cc1cc(OCCCN)ccc1N(c1nc(N)c2nc[nH]c2n1)C1CCCCC1. The molecular weight excluding hydrogens is 366 g/mol. The number of fused-ring (bicyclic) bond motifs is 1. The molecule has 2 aromatic heterocycles. The lowest BCUT2D eigenvalue weighted by Gasteiger charge is -2.35. The normalized spacial score (nSPS) is 15.0. The van der Waals surface area contributed by atoms with Gasteiger partial charge in [0, 0.05) is 11.7 Å². The summed E-state index contributed by atoms with van der Waals surface area (Å²) in [5.74, 6) is 1.87. The number of nitrogens with zero attached hydrogens (tertiary/aromatic N) is 4. The van der Waals surface area contributed by atoms with Gasteiger partial charge in [0.15, 0.2) is 11.5 Å². The molecule has 0 bridgehead atoms. The van der Waals surface area contributed by atoms with Gasteiger partial charge in [-0.3, -0.25) is 0 Å². The smallest absolute Gasteiger partial charge is 0.234 e. The van der Waals surface area contributed by atoms with Crippen LogP contribution in [-0.4, -0.2) is 39.1 Å². The number of nitrogen functional groups attached to an aromatic ring is 1. The largest absolute Gasteiger partial charge is 0.494 e. The van der Waals surface area contributed by atoms with Gasteiger partial charge in [0.05, 0.1) is 12.9 Å². The average Bonchev–Trinajstić information content (AvgIpc) is 3.20. The van der Waals surface area contributed by atoms with Gasteiger partial charge in [-0.05, 0) is 56.5 Å². The van der Waals surface area contributed by atoms with Crippen LogP contribution in [0.1, 0.15) is 44.1 Å². The number of nitrogens with one attached hydrogen (secondary N) is 1. The quantitative estimate of drug-likeness (QED) is 0.524. The molecule has 3 aromatic rings. The number of benzene rings is 1. The van der Waals surface area contributed by atoms with Crippen LogP contribution in [0, 0.1) is 6.92 Å². The number of nitrogens with two attached hydrogens (primary N) is 2. The summed E-state index contributed by atoms with van der Waals surface area (Å²) in [6, 6.07) is 6.51. The summed E-state index contributed by atoms with van der Waals surface area (Å²) in [7, 11) is 0. The van der Waals surface area contributed by atoms with Gasteiger partial charge in [-0.15, -0.1) is 0 Å².